The summed E-state index contributed by atoms with van der Waals surface area (Å²) in [7, 11) is -2.05. The molecule has 0 saturated carbocycles. The zero-order valence-corrected chi connectivity index (χ0v) is 12.4. The van der Waals surface area contributed by atoms with Gasteiger partial charge in [0.15, 0.2) is 5.82 Å². The van der Waals surface area contributed by atoms with Crippen LogP contribution in [0.2, 0.25) is 0 Å². The van der Waals surface area contributed by atoms with E-state index in [2.05, 4.69) is 25.8 Å². The third-order valence-corrected chi connectivity index (χ3v) is 4.77. The average molecular weight is 346 g/mol. The van der Waals surface area contributed by atoms with Crippen molar-refractivity contribution in [3.63, 3.8) is 0 Å². The Labute approximate surface area is 119 Å². The van der Waals surface area contributed by atoms with Gasteiger partial charge < -0.3 is 5.11 Å². The Hall–Kier alpha value is -1.38. The summed E-state index contributed by atoms with van der Waals surface area (Å²) >= 11 is 3.19. The molecular formula is C11H12BrN3O3S. The summed E-state index contributed by atoms with van der Waals surface area (Å²) in [6.07, 6.45) is 1.64. The molecule has 8 heteroatoms. The lowest BCUT2D eigenvalue weighted by molar-refractivity contribution is 0.281. The van der Waals surface area contributed by atoms with Gasteiger partial charge >= 0.3 is 0 Å². The molecule has 6 nitrogen and oxygen atoms in total. The van der Waals surface area contributed by atoms with Gasteiger partial charge in [0.25, 0.3) is 10.0 Å². The quantitative estimate of drug-likeness (QED) is 0.878. The van der Waals surface area contributed by atoms with Crippen LogP contribution < -0.4 is 4.72 Å². The minimum atomic E-state index is -3.75. The van der Waals surface area contributed by atoms with Gasteiger partial charge in [0.05, 0.1) is 6.61 Å². The molecule has 0 aliphatic rings. The number of hydrogen-bond acceptors (Lipinski definition) is 4. The fraction of sp³-hybridized carbons (Fsp3) is 0.182. The van der Waals surface area contributed by atoms with Crippen molar-refractivity contribution in [1.82, 2.24) is 9.78 Å². The van der Waals surface area contributed by atoms with Crippen LogP contribution in [-0.2, 0) is 23.7 Å². The molecule has 0 amide bonds. The molecule has 0 unspecified atom stereocenters. The topological polar surface area (TPSA) is 84.2 Å². The van der Waals surface area contributed by atoms with E-state index in [1.165, 1.54) is 10.7 Å². The Bertz CT molecular complexity index is 697. The number of nitrogens with zero attached hydrogens (tertiary/aromatic N) is 2. The molecule has 1 heterocycles. The van der Waals surface area contributed by atoms with E-state index in [4.69, 9.17) is 5.11 Å². The Morgan fingerprint density at radius 1 is 1.42 bits per heavy atom. The molecule has 0 bridgehead atoms. The van der Waals surface area contributed by atoms with Crippen LogP contribution in [-0.4, -0.2) is 23.3 Å². The number of nitrogens with one attached hydrogen (secondary N) is 1. The number of halogens is 1. The van der Waals surface area contributed by atoms with Crippen LogP contribution in [0.25, 0.3) is 0 Å². The average Bonchev–Trinajstić information content (AvgIpc) is 2.74. The third-order valence-electron chi connectivity index (χ3n) is 2.42. The van der Waals surface area contributed by atoms with Crippen LogP contribution in [0, 0.1) is 0 Å². The Kier molecular flexibility index (Phi) is 3.93. The van der Waals surface area contributed by atoms with E-state index in [0.29, 0.717) is 10.0 Å². The largest absolute Gasteiger partial charge is 0.392 e. The lowest BCUT2D eigenvalue weighted by Crippen LogP contribution is -2.14. The highest BCUT2D eigenvalue weighted by Crippen LogP contribution is 2.25. The van der Waals surface area contributed by atoms with E-state index < -0.39 is 10.0 Å². The molecule has 0 aliphatic heterocycles. The minimum Gasteiger partial charge on any atom is -0.392 e. The van der Waals surface area contributed by atoms with Crippen LogP contribution in [0.15, 0.2) is 39.8 Å². The number of aryl methyl sites for hydroxylation is 1. The standard InChI is InChI=1S/C11H12BrN3O3S/c1-15-5-4-11(13-15)14-19(17,18)10-6-8(7-16)2-3-9(10)12/h2-6,16H,7H2,1H3,(H,13,14). The zero-order valence-electron chi connectivity index (χ0n) is 10.0. The van der Waals surface area contributed by atoms with Crippen molar-refractivity contribution in [2.75, 3.05) is 4.72 Å². The molecule has 2 aromatic rings. The molecule has 1 aromatic carbocycles. The summed E-state index contributed by atoms with van der Waals surface area (Å²) in [6, 6.07) is 6.19. The molecule has 102 valence electrons. The van der Waals surface area contributed by atoms with Crippen molar-refractivity contribution in [3.05, 3.63) is 40.5 Å². The molecule has 0 aliphatic carbocycles. The second-order valence-electron chi connectivity index (χ2n) is 3.90. The molecule has 2 N–H and O–H groups in total. The van der Waals surface area contributed by atoms with Gasteiger partial charge in [-0.1, -0.05) is 6.07 Å². The van der Waals surface area contributed by atoms with E-state index in [1.54, 1.807) is 31.4 Å². The number of anilines is 1. The monoisotopic (exact) mass is 345 g/mol. The van der Waals surface area contributed by atoms with Gasteiger partial charge in [-0.05, 0) is 33.6 Å². The van der Waals surface area contributed by atoms with Gasteiger partial charge in [-0.3, -0.25) is 9.40 Å². The van der Waals surface area contributed by atoms with Crippen LogP contribution in [0.3, 0.4) is 0 Å². The molecule has 0 saturated heterocycles. The lowest BCUT2D eigenvalue weighted by atomic mass is 10.2. The molecule has 0 radical (unpaired) electrons. The summed E-state index contributed by atoms with van der Waals surface area (Å²) in [5.41, 5.74) is 0.518. The number of hydrogen-bond donors (Lipinski definition) is 2. The first-order chi connectivity index (χ1) is 8.92. The van der Waals surface area contributed by atoms with E-state index >= 15 is 0 Å². The first-order valence-corrected chi connectivity index (χ1v) is 7.62. The molecule has 0 fully saturated rings. The maximum absolute atomic E-state index is 12.2. The molecule has 2 rings (SSSR count). The van der Waals surface area contributed by atoms with Gasteiger partial charge in [0.2, 0.25) is 0 Å². The maximum Gasteiger partial charge on any atom is 0.264 e. The van der Waals surface area contributed by atoms with Crippen LogP contribution in [0.4, 0.5) is 5.82 Å². The van der Waals surface area contributed by atoms with Crippen molar-refractivity contribution in [1.29, 1.82) is 0 Å². The van der Waals surface area contributed by atoms with Gasteiger partial charge in [-0.15, -0.1) is 0 Å². The van der Waals surface area contributed by atoms with Crippen LogP contribution in [0.1, 0.15) is 5.56 Å². The Balaban J connectivity index is 2.39. The molecule has 0 spiro atoms. The fourth-order valence-corrected chi connectivity index (χ4v) is 3.53. The highest BCUT2D eigenvalue weighted by molar-refractivity contribution is 9.10. The van der Waals surface area contributed by atoms with E-state index in [-0.39, 0.29) is 17.3 Å². The van der Waals surface area contributed by atoms with Crippen molar-refractivity contribution in [2.45, 2.75) is 11.5 Å². The summed E-state index contributed by atoms with van der Waals surface area (Å²) in [6.45, 7) is -0.223. The van der Waals surface area contributed by atoms with Crippen LogP contribution in [0.5, 0.6) is 0 Å². The van der Waals surface area contributed by atoms with Crippen molar-refractivity contribution >= 4 is 31.8 Å². The SMILES string of the molecule is Cn1ccc(NS(=O)(=O)c2cc(CO)ccc2Br)n1. The fourth-order valence-electron chi connectivity index (χ4n) is 1.51. The number of aliphatic hydroxyl groups is 1. The lowest BCUT2D eigenvalue weighted by Gasteiger charge is -2.08. The summed E-state index contributed by atoms with van der Waals surface area (Å²) in [5, 5.41) is 13.0. The number of sulfonamides is 1. The van der Waals surface area contributed by atoms with Gasteiger partial charge in [-0.2, -0.15) is 5.10 Å². The van der Waals surface area contributed by atoms with Crippen LogP contribution >= 0.6 is 15.9 Å². The molecule has 1 aromatic heterocycles. The van der Waals surface area contributed by atoms with E-state index in [0.717, 1.165) is 0 Å². The van der Waals surface area contributed by atoms with Crippen molar-refractivity contribution < 1.29 is 13.5 Å². The van der Waals surface area contributed by atoms with E-state index in [9.17, 15) is 8.42 Å². The highest BCUT2D eigenvalue weighted by Gasteiger charge is 2.19. The Morgan fingerprint density at radius 2 is 2.16 bits per heavy atom. The highest BCUT2D eigenvalue weighted by atomic mass is 79.9. The first-order valence-electron chi connectivity index (χ1n) is 5.34. The number of benzene rings is 1. The second-order valence-corrected chi connectivity index (χ2v) is 6.41. The predicted octanol–water partition coefficient (Wildman–Crippen LogP) is 1.48. The predicted molar refractivity (Wildman–Crippen MR) is 74.1 cm³/mol. The molecule has 19 heavy (non-hydrogen) atoms. The molecular weight excluding hydrogens is 334 g/mol. The normalized spacial score (nSPS) is 11.5. The number of rotatable bonds is 4. The van der Waals surface area contributed by atoms with Crippen molar-refractivity contribution in [3.8, 4) is 0 Å². The number of aromatic nitrogens is 2. The molecule has 0 atom stereocenters. The number of aliphatic hydroxyl groups excluding tert-OH is 1. The Morgan fingerprint density at radius 3 is 2.74 bits per heavy atom. The third kappa shape index (κ3) is 3.14. The van der Waals surface area contributed by atoms with Gasteiger partial charge in [-0.25, -0.2) is 8.42 Å². The first kappa shape index (κ1) is 14.0. The minimum absolute atomic E-state index is 0.0599. The second kappa shape index (κ2) is 5.32. The summed E-state index contributed by atoms with van der Waals surface area (Å²) in [4.78, 5) is 0.0599. The van der Waals surface area contributed by atoms with Gasteiger partial charge in [0.1, 0.15) is 4.90 Å². The smallest absolute Gasteiger partial charge is 0.264 e. The maximum atomic E-state index is 12.2. The van der Waals surface area contributed by atoms with Crippen molar-refractivity contribution in [2.24, 2.45) is 7.05 Å². The summed E-state index contributed by atoms with van der Waals surface area (Å²) < 4.78 is 28.8. The summed E-state index contributed by atoms with van der Waals surface area (Å²) in [5.74, 6) is 0.240. The van der Waals surface area contributed by atoms with E-state index in [1.807, 2.05) is 0 Å². The zero-order chi connectivity index (χ0) is 14.0. The van der Waals surface area contributed by atoms with Gasteiger partial charge in [0, 0.05) is 23.8 Å².